The summed E-state index contributed by atoms with van der Waals surface area (Å²) in [6.07, 6.45) is 2.51. The van der Waals surface area contributed by atoms with Crippen molar-refractivity contribution < 1.29 is 27.9 Å². The summed E-state index contributed by atoms with van der Waals surface area (Å²) in [5.41, 5.74) is 0. The van der Waals surface area contributed by atoms with Gasteiger partial charge in [0.15, 0.2) is 5.75 Å². The molecule has 0 aromatic heterocycles. The molecule has 0 bridgehead atoms. The summed E-state index contributed by atoms with van der Waals surface area (Å²) in [6.45, 7) is 1.89. The Labute approximate surface area is 117 Å². The Kier molecular flexibility index (Phi) is 4.33. The van der Waals surface area contributed by atoms with Crippen LogP contribution in [0.5, 0.6) is 0 Å². The lowest BCUT2D eigenvalue weighted by Gasteiger charge is -2.23. The fourth-order valence-corrected chi connectivity index (χ4v) is 4.85. The number of carboxylic acid groups (broad SMARTS) is 1. The van der Waals surface area contributed by atoms with Crippen LogP contribution in [0.1, 0.15) is 26.2 Å². The molecule has 20 heavy (non-hydrogen) atoms. The normalized spacial score (nSPS) is 30.1. The quantitative estimate of drug-likeness (QED) is 0.721. The SMILES string of the molecule is CCOC(=O)CS(=O)(=O)N1CC2CCCC2C1C(=O)O. The van der Waals surface area contributed by atoms with Gasteiger partial charge in [-0.05, 0) is 31.6 Å². The molecule has 1 aliphatic carbocycles. The second-order valence-electron chi connectivity index (χ2n) is 5.27. The highest BCUT2D eigenvalue weighted by molar-refractivity contribution is 7.89. The third-order valence-corrected chi connectivity index (χ3v) is 5.76. The molecule has 2 aliphatic rings. The first-order chi connectivity index (χ1) is 9.36. The van der Waals surface area contributed by atoms with Gasteiger partial charge in [0, 0.05) is 6.54 Å². The third kappa shape index (κ3) is 2.80. The Bertz CT molecular complexity index is 502. The van der Waals surface area contributed by atoms with Crippen molar-refractivity contribution in [2.45, 2.75) is 32.2 Å². The van der Waals surface area contributed by atoms with Crippen LogP contribution in [0.3, 0.4) is 0 Å². The van der Waals surface area contributed by atoms with Crippen LogP contribution in [0.4, 0.5) is 0 Å². The molecule has 1 N–H and O–H groups in total. The summed E-state index contributed by atoms with van der Waals surface area (Å²) < 4.78 is 30.1. The standard InChI is InChI=1S/C12H19NO6S/c1-2-19-10(14)7-20(17,18)13-6-8-4-3-5-9(8)11(13)12(15)16/h8-9,11H,2-7H2,1H3,(H,15,16). The van der Waals surface area contributed by atoms with Crippen molar-refractivity contribution >= 4 is 22.0 Å². The molecule has 0 aromatic carbocycles. The Morgan fingerprint density at radius 2 is 2.05 bits per heavy atom. The number of carboxylic acids is 1. The number of carbonyl (C=O) groups is 2. The largest absolute Gasteiger partial charge is 0.480 e. The Balaban J connectivity index is 2.18. The molecule has 0 aromatic rings. The van der Waals surface area contributed by atoms with Crippen molar-refractivity contribution in [1.29, 1.82) is 0 Å². The summed E-state index contributed by atoms with van der Waals surface area (Å²) >= 11 is 0. The first-order valence-electron chi connectivity index (χ1n) is 6.74. The molecule has 0 amide bonds. The van der Waals surface area contributed by atoms with Crippen LogP contribution in [0, 0.1) is 11.8 Å². The summed E-state index contributed by atoms with van der Waals surface area (Å²) in [4.78, 5) is 22.8. The molecule has 2 fully saturated rings. The predicted octanol–water partition coefficient (Wildman–Crippen LogP) is 0.0644. The zero-order valence-electron chi connectivity index (χ0n) is 11.3. The first kappa shape index (κ1) is 15.2. The van der Waals surface area contributed by atoms with Gasteiger partial charge in [-0.3, -0.25) is 9.59 Å². The molecular weight excluding hydrogens is 286 g/mol. The van der Waals surface area contributed by atoms with Gasteiger partial charge in [-0.2, -0.15) is 4.31 Å². The molecule has 2 rings (SSSR count). The second kappa shape index (κ2) is 5.69. The van der Waals surface area contributed by atoms with Crippen molar-refractivity contribution in [1.82, 2.24) is 4.31 Å². The topological polar surface area (TPSA) is 101 Å². The minimum Gasteiger partial charge on any atom is -0.480 e. The van der Waals surface area contributed by atoms with Crippen LogP contribution in [0.15, 0.2) is 0 Å². The van der Waals surface area contributed by atoms with Crippen LogP contribution in [0.25, 0.3) is 0 Å². The number of rotatable bonds is 5. The number of fused-ring (bicyclic) bond motifs is 1. The fraction of sp³-hybridized carbons (Fsp3) is 0.833. The highest BCUT2D eigenvalue weighted by atomic mass is 32.2. The molecule has 1 saturated heterocycles. The van der Waals surface area contributed by atoms with Crippen molar-refractivity contribution in [3.63, 3.8) is 0 Å². The highest BCUT2D eigenvalue weighted by Gasteiger charge is 2.52. The zero-order valence-corrected chi connectivity index (χ0v) is 12.1. The lowest BCUT2D eigenvalue weighted by atomic mass is 9.94. The van der Waals surface area contributed by atoms with Gasteiger partial charge in [-0.15, -0.1) is 0 Å². The maximum atomic E-state index is 12.2. The maximum Gasteiger partial charge on any atom is 0.322 e. The number of hydrogen-bond donors (Lipinski definition) is 1. The van der Waals surface area contributed by atoms with E-state index in [0.717, 1.165) is 23.6 Å². The van der Waals surface area contributed by atoms with Gasteiger partial charge < -0.3 is 9.84 Å². The molecule has 7 nitrogen and oxygen atoms in total. The molecule has 8 heteroatoms. The second-order valence-corrected chi connectivity index (χ2v) is 7.19. The summed E-state index contributed by atoms with van der Waals surface area (Å²) in [5.74, 6) is -2.80. The number of hydrogen-bond acceptors (Lipinski definition) is 5. The zero-order chi connectivity index (χ0) is 14.9. The number of aliphatic carboxylic acids is 1. The Morgan fingerprint density at radius 1 is 1.35 bits per heavy atom. The summed E-state index contributed by atoms with van der Waals surface area (Å²) in [7, 11) is -3.94. The van der Waals surface area contributed by atoms with E-state index in [0.29, 0.717) is 0 Å². The van der Waals surface area contributed by atoms with Crippen molar-refractivity contribution in [3.8, 4) is 0 Å². The monoisotopic (exact) mass is 305 g/mol. The fourth-order valence-electron chi connectivity index (χ4n) is 3.29. The summed E-state index contributed by atoms with van der Waals surface area (Å²) in [5, 5.41) is 9.31. The van der Waals surface area contributed by atoms with Gasteiger partial charge in [0.25, 0.3) is 0 Å². The van der Waals surface area contributed by atoms with Gasteiger partial charge in [0.05, 0.1) is 6.61 Å². The Morgan fingerprint density at radius 3 is 2.65 bits per heavy atom. The highest BCUT2D eigenvalue weighted by Crippen LogP contribution is 2.43. The molecule has 3 atom stereocenters. The van der Waals surface area contributed by atoms with E-state index in [1.54, 1.807) is 6.92 Å². The minimum atomic E-state index is -3.94. The average Bonchev–Trinajstić information content (AvgIpc) is 2.86. The molecule has 1 aliphatic heterocycles. The lowest BCUT2D eigenvalue weighted by molar-refractivity contribution is -0.143. The van der Waals surface area contributed by atoms with E-state index >= 15 is 0 Å². The van der Waals surface area contributed by atoms with E-state index < -0.39 is 33.8 Å². The van der Waals surface area contributed by atoms with Gasteiger partial charge >= 0.3 is 11.9 Å². The van der Waals surface area contributed by atoms with Crippen LogP contribution < -0.4 is 0 Å². The van der Waals surface area contributed by atoms with Gasteiger partial charge in [-0.25, -0.2) is 8.42 Å². The van der Waals surface area contributed by atoms with E-state index in [2.05, 4.69) is 4.74 Å². The van der Waals surface area contributed by atoms with Crippen molar-refractivity contribution in [2.24, 2.45) is 11.8 Å². The van der Waals surface area contributed by atoms with Gasteiger partial charge in [-0.1, -0.05) is 6.42 Å². The molecule has 0 radical (unpaired) electrons. The van der Waals surface area contributed by atoms with Crippen LogP contribution in [0.2, 0.25) is 0 Å². The van der Waals surface area contributed by atoms with Gasteiger partial charge in [0.1, 0.15) is 6.04 Å². The van der Waals surface area contributed by atoms with Crippen molar-refractivity contribution in [3.05, 3.63) is 0 Å². The average molecular weight is 305 g/mol. The lowest BCUT2D eigenvalue weighted by Crippen LogP contribution is -2.45. The molecule has 0 spiro atoms. The van der Waals surface area contributed by atoms with E-state index in [-0.39, 0.29) is 25.0 Å². The smallest absolute Gasteiger partial charge is 0.322 e. The number of carbonyl (C=O) groups excluding carboxylic acids is 1. The van der Waals surface area contributed by atoms with Crippen molar-refractivity contribution in [2.75, 3.05) is 18.9 Å². The molecule has 1 saturated carbocycles. The van der Waals surface area contributed by atoms with E-state index in [9.17, 15) is 23.1 Å². The number of ether oxygens (including phenoxy) is 1. The first-order valence-corrected chi connectivity index (χ1v) is 8.35. The van der Waals surface area contributed by atoms with Gasteiger partial charge in [0.2, 0.25) is 10.0 Å². The third-order valence-electron chi connectivity index (χ3n) is 4.06. The molecule has 1 heterocycles. The van der Waals surface area contributed by atoms with E-state index in [1.165, 1.54) is 0 Å². The Hall–Kier alpha value is -1.15. The number of esters is 1. The van der Waals surface area contributed by atoms with Crippen LogP contribution in [-0.4, -0.2) is 54.7 Å². The predicted molar refractivity (Wildman–Crippen MR) is 69.4 cm³/mol. The van der Waals surface area contributed by atoms with E-state index in [4.69, 9.17) is 0 Å². The molecular formula is C12H19NO6S. The number of nitrogens with zero attached hydrogens (tertiary/aromatic N) is 1. The minimum absolute atomic E-state index is 0.0908. The van der Waals surface area contributed by atoms with Crippen LogP contribution in [-0.2, 0) is 24.3 Å². The van der Waals surface area contributed by atoms with Crippen LogP contribution >= 0.6 is 0 Å². The maximum absolute atomic E-state index is 12.2. The molecule has 3 unspecified atom stereocenters. The summed E-state index contributed by atoms with van der Waals surface area (Å²) in [6, 6.07) is -1.04. The van der Waals surface area contributed by atoms with E-state index in [1.807, 2.05) is 0 Å². The molecule has 114 valence electrons. The number of sulfonamides is 1.